The molecule has 0 aliphatic rings. The molecule has 0 bridgehead atoms. The molecule has 0 spiro atoms. The zero-order chi connectivity index (χ0) is 13.0. The van der Waals surface area contributed by atoms with Crippen molar-refractivity contribution in [2.45, 2.75) is 26.8 Å². The summed E-state index contributed by atoms with van der Waals surface area (Å²) in [6, 6.07) is 3.95. The van der Waals surface area contributed by atoms with Crippen molar-refractivity contribution in [1.82, 2.24) is 9.88 Å². The summed E-state index contributed by atoms with van der Waals surface area (Å²) in [4.78, 5) is 12.2. The molecule has 2 aromatic rings. The summed E-state index contributed by atoms with van der Waals surface area (Å²) in [6.45, 7) is 7.12. The predicted molar refractivity (Wildman–Crippen MR) is 78.4 cm³/mol. The molecule has 0 amide bonds. The molecule has 3 nitrogen and oxygen atoms in total. The third-order valence-corrected chi connectivity index (χ3v) is 3.90. The number of pyridine rings is 1. The van der Waals surface area contributed by atoms with Gasteiger partial charge in [0.15, 0.2) is 0 Å². The van der Waals surface area contributed by atoms with Gasteiger partial charge < -0.3 is 9.88 Å². The van der Waals surface area contributed by atoms with Crippen molar-refractivity contribution < 1.29 is 0 Å². The predicted octanol–water partition coefficient (Wildman–Crippen LogP) is 2.70. The van der Waals surface area contributed by atoms with E-state index in [4.69, 9.17) is 0 Å². The normalized spacial score (nSPS) is 13.0. The van der Waals surface area contributed by atoms with Crippen molar-refractivity contribution >= 4 is 21.4 Å². The van der Waals surface area contributed by atoms with Crippen LogP contribution in [0.15, 0.2) is 28.5 Å². The van der Waals surface area contributed by atoms with Crippen molar-refractivity contribution in [2.24, 2.45) is 5.92 Å². The number of rotatable bonds is 6. The maximum Gasteiger partial charge on any atom is 0.259 e. The number of nitrogens with zero attached hydrogens (tertiary/aromatic N) is 1. The van der Waals surface area contributed by atoms with Gasteiger partial charge in [-0.15, -0.1) is 11.3 Å². The number of hydrogen-bond donors (Lipinski definition) is 1. The molecule has 1 unspecified atom stereocenters. The van der Waals surface area contributed by atoms with Gasteiger partial charge in [-0.25, -0.2) is 0 Å². The number of fused-ring (bicyclic) bond motifs is 1. The van der Waals surface area contributed by atoms with Crippen LogP contribution in [-0.4, -0.2) is 17.7 Å². The van der Waals surface area contributed by atoms with E-state index in [1.165, 1.54) is 0 Å². The smallest absolute Gasteiger partial charge is 0.259 e. The van der Waals surface area contributed by atoms with Gasteiger partial charge in [-0.1, -0.05) is 13.8 Å². The maximum absolute atomic E-state index is 12.2. The lowest BCUT2D eigenvalue weighted by molar-refractivity contribution is 0.440. The van der Waals surface area contributed by atoms with E-state index in [-0.39, 0.29) is 5.56 Å². The largest absolute Gasteiger partial charge is 0.316 e. The number of aromatic nitrogens is 1. The van der Waals surface area contributed by atoms with E-state index in [2.05, 4.69) is 19.2 Å². The highest BCUT2D eigenvalue weighted by molar-refractivity contribution is 7.17. The van der Waals surface area contributed by atoms with E-state index in [0.29, 0.717) is 5.92 Å². The third-order valence-electron chi connectivity index (χ3n) is 3.02. The van der Waals surface area contributed by atoms with Gasteiger partial charge in [0.25, 0.3) is 5.56 Å². The molecule has 2 heterocycles. The molecule has 0 aromatic carbocycles. The average Bonchev–Trinajstić information content (AvgIpc) is 2.82. The van der Waals surface area contributed by atoms with Crippen molar-refractivity contribution in [2.75, 3.05) is 13.1 Å². The molecule has 0 saturated carbocycles. The SMILES string of the molecule is CCCNCC(C)Cn1ccc2sccc2c1=O. The highest BCUT2D eigenvalue weighted by Crippen LogP contribution is 2.16. The second-order valence-corrected chi connectivity index (χ2v) is 5.73. The first-order valence-electron chi connectivity index (χ1n) is 6.49. The van der Waals surface area contributed by atoms with Gasteiger partial charge >= 0.3 is 0 Å². The van der Waals surface area contributed by atoms with Gasteiger partial charge in [0.05, 0.1) is 5.39 Å². The minimum absolute atomic E-state index is 0.135. The van der Waals surface area contributed by atoms with Crippen LogP contribution in [0.25, 0.3) is 10.1 Å². The molecule has 98 valence electrons. The molecule has 0 aliphatic carbocycles. The molecule has 0 radical (unpaired) electrons. The van der Waals surface area contributed by atoms with Crippen molar-refractivity contribution in [1.29, 1.82) is 0 Å². The van der Waals surface area contributed by atoms with Gasteiger partial charge in [0.2, 0.25) is 0 Å². The third kappa shape index (κ3) is 3.00. The van der Waals surface area contributed by atoms with Crippen LogP contribution >= 0.6 is 11.3 Å². The minimum atomic E-state index is 0.135. The average molecular weight is 264 g/mol. The summed E-state index contributed by atoms with van der Waals surface area (Å²) in [7, 11) is 0. The van der Waals surface area contributed by atoms with E-state index < -0.39 is 0 Å². The van der Waals surface area contributed by atoms with Crippen LogP contribution in [-0.2, 0) is 6.54 Å². The van der Waals surface area contributed by atoms with Gasteiger partial charge in [0, 0.05) is 17.4 Å². The quantitative estimate of drug-likeness (QED) is 0.814. The molecular weight excluding hydrogens is 244 g/mol. The fourth-order valence-electron chi connectivity index (χ4n) is 2.08. The van der Waals surface area contributed by atoms with Crippen molar-refractivity contribution in [3.8, 4) is 0 Å². The Bertz CT molecular complexity index is 558. The van der Waals surface area contributed by atoms with Crippen LogP contribution in [0, 0.1) is 5.92 Å². The van der Waals surface area contributed by atoms with Crippen LogP contribution in [0.2, 0.25) is 0 Å². The lowest BCUT2D eigenvalue weighted by Gasteiger charge is -2.14. The Hall–Kier alpha value is -1.13. The molecule has 18 heavy (non-hydrogen) atoms. The summed E-state index contributed by atoms with van der Waals surface area (Å²) in [6.07, 6.45) is 3.06. The lowest BCUT2D eigenvalue weighted by Crippen LogP contribution is -2.28. The van der Waals surface area contributed by atoms with Crippen molar-refractivity contribution in [3.05, 3.63) is 34.1 Å². The molecule has 1 atom stereocenters. The van der Waals surface area contributed by atoms with E-state index in [9.17, 15) is 4.79 Å². The number of thiophene rings is 1. The Balaban J connectivity index is 2.07. The Morgan fingerprint density at radius 3 is 3.06 bits per heavy atom. The zero-order valence-electron chi connectivity index (χ0n) is 11.0. The van der Waals surface area contributed by atoms with Crippen LogP contribution in [0.5, 0.6) is 0 Å². The Morgan fingerprint density at radius 2 is 2.28 bits per heavy atom. The number of nitrogens with one attached hydrogen (secondary N) is 1. The van der Waals surface area contributed by atoms with E-state index in [0.717, 1.165) is 36.1 Å². The molecule has 0 fully saturated rings. The fourth-order valence-corrected chi connectivity index (χ4v) is 2.85. The van der Waals surface area contributed by atoms with Crippen LogP contribution < -0.4 is 10.9 Å². The second kappa shape index (κ2) is 6.16. The fraction of sp³-hybridized carbons (Fsp3) is 0.500. The molecular formula is C14H20N2OS. The van der Waals surface area contributed by atoms with Crippen LogP contribution in [0.4, 0.5) is 0 Å². The Kier molecular flexibility index (Phi) is 4.55. The molecule has 2 rings (SSSR count). The van der Waals surface area contributed by atoms with E-state index in [1.807, 2.05) is 28.3 Å². The van der Waals surface area contributed by atoms with Gasteiger partial charge in [-0.05, 0) is 42.9 Å². The summed E-state index contributed by atoms with van der Waals surface area (Å²) >= 11 is 1.62. The van der Waals surface area contributed by atoms with Gasteiger partial charge in [-0.3, -0.25) is 4.79 Å². The lowest BCUT2D eigenvalue weighted by atomic mass is 10.1. The first-order valence-corrected chi connectivity index (χ1v) is 7.37. The highest BCUT2D eigenvalue weighted by atomic mass is 32.1. The van der Waals surface area contributed by atoms with Crippen LogP contribution in [0.3, 0.4) is 0 Å². The van der Waals surface area contributed by atoms with Crippen molar-refractivity contribution in [3.63, 3.8) is 0 Å². The van der Waals surface area contributed by atoms with E-state index in [1.54, 1.807) is 11.3 Å². The standard InChI is InChI=1S/C14H20N2OS/c1-3-6-15-9-11(2)10-16-7-4-13-12(14(16)17)5-8-18-13/h4-5,7-8,11,15H,3,6,9-10H2,1-2H3. The first kappa shape index (κ1) is 13.3. The summed E-state index contributed by atoms with van der Waals surface area (Å²) < 4.78 is 2.90. The Morgan fingerprint density at radius 1 is 1.44 bits per heavy atom. The molecule has 0 saturated heterocycles. The zero-order valence-corrected chi connectivity index (χ0v) is 11.8. The van der Waals surface area contributed by atoms with Crippen LogP contribution in [0.1, 0.15) is 20.3 Å². The summed E-state index contributed by atoms with van der Waals surface area (Å²) in [5.74, 6) is 0.463. The monoisotopic (exact) mass is 264 g/mol. The van der Waals surface area contributed by atoms with Gasteiger partial charge in [-0.2, -0.15) is 0 Å². The summed E-state index contributed by atoms with van der Waals surface area (Å²) in [5, 5.41) is 6.21. The van der Waals surface area contributed by atoms with Gasteiger partial charge in [0.1, 0.15) is 0 Å². The molecule has 1 N–H and O–H groups in total. The first-order chi connectivity index (χ1) is 8.72. The molecule has 0 aliphatic heterocycles. The topological polar surface area (TPSA) is 34.0 Å². The Labute approximate surface area is 111 Å². The maximum atomic E-state index is 12.2. The molecule has 4 heteroatoms. The minimum Gasteiger partial charge on any atom is -0.316 e. The number of hydrogen-bond acceptors (Lipinski definition) is 3. The van der Waals surface area contributed by atoms with E-state index >= 15 is 0 Å². The second-order valence-electron chi connectivity index (χ2n) is 4.78. The summed E-state index contributed by atoms with van der Waals surface area (Å²) in [5.41, 5.74) is 0.135. The highest BCUT2D eigenvalue weighted by Gasteiger charge is 2.07. The molecule has 2 aromatic heterocycles.